The number of amides is 2. The Morgan fingerprint density at radius 1 is 1.44 bits per heavy atom. The fourth-order valence-electron chi connectivity index (χ4n) is 3.24. The molecule has 2 aromatic rings. The number of hydrogen-bond donors (Lipinski definition) is 1. The first-order valence-corrected chi connectivity index (χ1v) is 10.2. The minimum atomic E-state index is -0.335. The summed E-state index contributed by atoms with van der Waals surface area (Å²) in [5.74, 6) is -0.330. The summed E-state index contributed by atoms with van der Waals surface area (Å²) in [7, 11) is 1.65. The largest absolute Gasteiger partial charge is 0.383 e. The van der Waals surface area contributed by atoms with Crippen LogP contribution in [0.15, 0.2) is 23.4 Å². The Labute approximate surface area is 167 Å². The summed E-state index contributed by atoms with van der Waals surface area (Å²) in [4.78, 5) is 30.4. The van der Waals surface area contributed by atoms with Gasteiger partial charge in [0.15, 0.2) is 5.16 Å². The SMILES string of the molecule is COCCn1c(SCC(=O)N2CCC[C@@H](C(N)=O)C2)nc2cc(Cl)ccc21. The summed E-state index contributed by atoms with van der Waals surface area (Å²) in [5.41, 5.74) is 7.15. The van der Waals surface area contributed by atoms with Crippen molar-refractivity contribution >= 4 is 46.2 Å². The Bertz CT molecular complexity index is 841. The van der Waals surface area contributed by atoms with Crippen LogP contribution in [0.3, 0.4) is 0 Å². The first kappa shape index (κ1) is 20.0. The Kier molecular flexibility index (Phi) is 6.62. The molecule has 2 amide bonds. The Morgan fingerprint density at radius 2 is 2.26 bits per heavy atom. The molecule has 7 nitrogen and oxygen atoms in total. The number of thioether (sulfide) groups is 1. The molecule has 9 heteroatoms. The standard InChI is InChI=1S/C18H23ClN4O3S/c1-26-8-7-23-15-5-4-13(19)9-14(15)21-18(23)27-11-16(24)22-6-2-3-12(10-22)17(20)25/h4-5,9,12H,2-3,6-8,10-11H2,1H3,(H2,20,25)/t12-/m1/s1. The van der Waals surface area contributed by atoms with Crippen LogP contribution < -0.4 is 5.73 Å². The van der Waals surface area contributed by atoms with Gasteiger partial charge in [-0.1, -0.05) is 23.4 Å². The molecule has 1 aliphatic heterocycles. The van der Waals surface area contributed by atoms with Crippen molar-refractivity contribution in [1.82, 2.24) is 14.5 Å². The van der Waals surface area contributed by atoms with Crippen LogP contribution in [0.2, 0.25) is 5.02 Å². The maximum absolute atomic E-state index is 12.6. The molecule has 2 heterocycles. The molecule has 1 aliphatic rings. The molecule has 0 spiro atoms. The van der Waals surface area contributed by atoms with E-state index in [-0.39, 0.29) is 23.5 Å². The summed E-state index contributed by atoms with van der Waals surface area (Å²) in [5, 5.41) is 1.37. The zero-order valence-corrected chi connectivity index (χ0v) is 16.8. The third-order valence-electron chi connectivity index (χ3n) is 4.70. The predicted octanol–water partition coefficient (Wildman–Crippen LogP) is 2.15. The number of halogens is 1. The number of methoxy groups -OCH3 is 1. The lowest BCUT2D eigenvalue weighted by Gasteiger charge is -2.31. The molecule has 0 bridgehead atoms. The van der Waals surface area contributed by atoms with E-state index in [0.29, 0.717) is 31.3 Å². The summed E-state index contributed by atoms with van der Waals surface area (Å²) < 4.78 is 7.23. The Morgan fingerprint density at radius 3 is 3.00 bits per heavy atom. The van der Waals surface area contributed by atoms with Crippen LogP contribution in [-0.4, -0.2) is 58.8 Å². The van der Waals surface area contributed by atoms with E-state index in [0.717, 1.165) is 29.0 Å². The summed E-state index contributed by atoms with van der Waals surface area (Å²) in [6.45, 7) is 2.25. The normalized spacial score (nSPS) is 17.4. The number of nitrogens with zero attached hydrogens (tertiary/aromatic N) is 3. The number of hydrogen-bond acceptors (Lipinski definition) is 5. The molecule has 1 fully saturated rings. The second-order valence-corrected chi connectivity index (χ2v) is 7.92. The van der Waals surface area contributed by atoms with Gasteiger partial charge in [0.1, 0.15) is 0 Å². The molecule has 0 radical (unpaired) electrons. The number of rotatable bonds is 7. The van der Waals surface area contributed by atoms with E-state index in [9.17, 15) is 9.59 Å². The van der Waals surface area contributed by atoms with Gasteiger partial charge in [0.05, 0.1) is 29.3 Å². The van der Waals surface area contributed by atoms with Crippen molar-refractivity contribution < 1.29 is 14.3 Å². The summed E-state index contributed by atoms with van der Waals surface area (Å²) in [6.07, 6.45) is 1.55. The molecule has 2 N–H and O–H groups in total. The highest BCUT2D eigenvalue weighted by Gasteiger charge is 2.27. The fraction of sp³-hybridized carbons (Fsp3) is 0.500. The van der Waals surface area contributed by atoms with E-state index < -0.39 is 0 Å². The summed E-state index contributed by atoms with van der Waals surface area (Å²) in [6, 6.07) is 5.56. The van der Waals surface area contributed by atoms with Gasteiger partial charge in [-0.05, 0) is 31.0 Å². The highest BCUT2D eigenvalue weighted by atomic mass is 35.5. The zero-order valence-electron chi connectivity index (χ0n) is 15.2. The number of nitrogens with two attached hydrogens (primary N) is 1. The molecule has 1 saturated heterocycles. The topological polar surface area (TPSA) is 90.5 Å². The number of primary amides is 1. The molecular weight excluding hydrogens is 388 g/mol. The number of ether oxygens (including phenoxy) is 1. The monoisotopic (exact) mass is 410 g/mol. The number of piperidine rings is 1. The second-order valence-electron chi connectivity index (χ2n) is 6.54. The first-order chi connectivity index (χ1) is 13.0. The summed E-state index contributed by atoms with van der Waals surface area (Å²) >= 11 is 7.46. The predicted molar refractivity (Wildman–Crippen MR) is 106 cm³/mol. The van der Waals surface area contributed by atoms with Crippen molar-refractivity contribution in [2.45, 2.75) is 24.5 Å². The van der Waals surface area contributed by atoms with Crippen molar-refractivity contribution in [2.75, 3.05) is 32.6 Å². The van der Waals surface area contributed by atoms with Gasteiger partial charge in [-0.2, -0.15) is 0 Å². The van der Waals surface area contributed by atoms with Gasteiger partial charge in [-0.3, -0.25) is 9.59 Å². The molecule has 146 valence electrons. The minimum absolute atomic E-state index is 0.00525. The number of carbonyl (C=O) groups is 2. The van der Waals surface area contributed by atoms with E-state index in [1.165, 1.54) is 11.8 Å². The van der Waals surface area contributed by atoms with E-state index in [1.54, 1.807) is 12.0 Å². The molecular formula is C18H23ClN4O3S. The molecule has 0 aliphatic carbocycles. The van der Waals surface area contributed by atoms with Crippen molar-refractivity contribution in [2.24, 2.45) is 11.7 Å². The van der Waals surface area contributed by atoms with Crippen LogP contribution in [0.5, 0.6) is 0 Å². The molecule has 3 rings (SSSR count). The second kappa shape index (κ2) is 8.95. The lowest BCUT2D eigenvalue weighted by Crippen LogP contribution is -2.44. The number of aromatic nitrogens is 2. The molecule has 1 aromatic heterocycles. The van der Waals surface area contributed by atoms with Crippen molar-refractivity contribution in [1.29, 1.82) is 0 Å². The molecule has 0 saturated carbocycles. The van der Waals surface area contributed by atoms with Crippen molar-refractivity contribution in [3.05, 3.63) is 23.2 Å². The van der Waals surface area contributed by atoms with Gasteiger partial charge in [-0.25, -0.2) is 4.98 Å². The van der Waals surface area contributed by atoms with Crippen LogP contribution in [-0.2, 0) is 20.9 Å². The fourth-order valence-corrected chi connectivity index (χ4v) is 4.35. The van der Waals surface area contributed by atoms with Gasteiger partial charge in [-0.15, -0.1) is 0 Å². The highest BCUT2D eigenvalue weighted by molar-refractivity contribution is 7.99. The quantitative estimate of drug-likeness (QED) is 0.706. The average Bonchev–Trinajstić information content (AvgIpc) is 3.00. The van der Waals surface area contributed by atoms with Crippen molar-refractivity contribution in [3.63, 3.8) is 0 Å². The number of imidazole rings is 1. The molecule has 0 unspecified atom stereocenters. The van der Waals surface area contributed by atoms with Crippen molar-refractivity contribution in [3.8, 4) is 0 Å². The molecule has 1 aromatic carbocycles. The van der Waals surface area contributed by atoms with E-state index >= 15 is 0 Å². The van der Waals surface area contributed by atoms with E-state index in [1.807, 2.05) is 22.8 Å². The third-order valence-corrected chi connectivity index (χ3v) is 5.89. The number of likely N-dealkylation sites (tertiary alicyclic amines) is 1. The zero-order chi connectivity index (χ0) is 19.4. The molecule has 27 heavy (non-hydrogen) atoms. The van der Waals surface area contributed by atoms with Crippen LogP contribution in [0.25, 0.3) is 11.0 Å². The maximum Gasteiger partial charge on any atom is 0.233 e. The van der Waals surface area contributed by atoms with Gasteiger partial charge in [0.2, 0.25) is 11.8 Å². The smallest absolute Gasteiger partial charge is 0.233 e. The average molecular weight is 411 g/mol. The van der Waals surface area contributed by atoms with Gasteiger partial charge < -0.3 is 19.9 Å². The van der Waals surface area contributed by atoms with Crippen LogP contribution >= 0.6 is 23.4 Å². The van der Waals surface area contributed by atoms with E-state index in [2.05, 4.69) is 4.98 Å². The number of benzene rings is 1. The van der Waals surface area contributed by atoms with Crippen LogP contribution in [0.1, 0.15) is 12.8 Å². The first-order valence-electron chi connectivity index (χ1n) is 8.84. The third kappa shape index (κ3) is 4.75. The van der Waals surface area contributed by atoms with Gasteiger partial charge in [0.25, 0.3) is 0 Å². The highest BCUT2D eigenvalue weighted by Crippen LogP contribution is 2.27. The Balaban J connectivity index is 1.72. The lowest BCUT2D eigenvalue weighted by atomic mass is 9.97. The number of carbonyl (C=O) groups excluding carboxylic acids is 2. The van der Waals surface area contributed by atoms with Crippen LogP contribution in [0.4, 0.5) is 0 Å². The van der Waals surface area contributed by atoms with Gasteiger partial charge >= 0.3 is 0 Å². The molecule has 1 atom stereocenters. The lowest BCUT2D eigenvalue weighted by molar-refractivity contribution is -0.132. The minimum Gasteiger partial charge on any atom is -0.383 e. The maximum atomic E-state index is 12.6. The Hall–Kier alpha value is -1.77. The van der Waals surface area contributed by atoms with Crippen LogP contribution in [0, 0.1) is 5.92 Å². The number of fused-ring (bicyclic) bond motifs is 1. The van der Waals surface area contributed by atoms with Gasteiger partial charge in [0, 0.05) is 31.8 Å². The van der Waals surface area contributed by atoms with E-state index in [4.69, 9.17) is 22.1 Å².